The van der Waals surface area contributed by atoms with Crippen molar-refractivity contribution in [3.8, 4) is 5.75 Å². The molecule has 0 aliphatic carbocycles. The smallest absolute Gasteiger partial charge is 0.252 e. The molecule has 1 amide bonds. The lowest BCUT2D eigenvalue weighted by Gasteiger charge is -2.12. The Bertz CT molecular complexity index is 594. The van der Waals surface area contributed by atoms with Crippen LogP contribution in [0.2, 0.25) is 5.02 Å². The molecule has 4 heteroatoms. The number of amides is 1. The fourth-order valence-electron chi connectivity index (χ4n) is 1.77. The van der Waals surface area contributed by atoms with Crippen LogP contribution < -0.4 is 10.5 Å². The highest BCUT2D eigenvalue weighted by Gasteiger charge is 2.11. The van der Waals surface area contributed by atoms with Crippen LogP contribution in [0.4, 0.5) is 0 Å². The molecule has 0 aliphatic rings. The summed E-state index contributed by atoms with van der Waals surface area (Å²) in [5.41, 5.74) is 7.59. The molecule has 0 fully saturated rings. The fraction of sp³-hybridized carbons (Fsp3) is 0.133. The van der Waals surface area contributed by atoms with E-state index in [-0.39, 0.29) is 0 Å². The van der Waals surface area contributed by atoms with E-state index in [1.54, 1.807) is 24.3 Å². The van der Waals surface area contributed by atoms with Crippen LogP contribution in [-0.4, -0.2) is 5.91 Å². The minimum absolute atomic E-state index is 0.363. The third-order valence-electron chi connectivity index (χ3n) is 2.77. The van der Waals surface area contributed by atoms with Gasteiger partial charge in [0, 0.05) is 5.02 Å². The summed E-state index contributed by atoms with van der Waals surface area (Å²) in [6.45, 7) is 2.24. The number of benzene rings is 2. The van der Waals surface area contributed by atoms with E-state index in [0.29, 0.717) is 22.9 Å². The summed E-state index contributed by atoms with van der Waals surface area (Å²) in [4.78, 5) is 11.4. The van der Waals surface area contributed by atoms with Crippen LogP contribution in [0.25, 0.3) is 0 Å². The standard InChI is InChI=1S/C15H14ClNO2/c1-10-3-2-4-13(15(17)18)14(10)19-9-11-5-7-12(16)8-6-11/h2-8H,9H2,1H3,(H2,17,18). The van der Waals surface area contributed by atoms with Crippen molar-refractivity contribution < 1.29 is 9.53 Å². The lowest BCUT2D eigenvalue weighted by atomic mass is 10.1. The molecule has 0 radical (unpaired) electrons. The maximum absolute atomic E-state index is 11.4. The van der Waals surface area contributed by atoms with Gasteiger partial charge in [-0.15, -0.1) is 0 Å². The average Bonchev–Trinajstić information content (AvgIpc) is 2.39. The van der Waals surface area contributed by atoms with Gasteiger partial charge in [0.05, 0.1) is 5.56 Å². The topological polar surface area (TPSA) is 52.3 Å². The summed E-state index contributed by atoms with van der Waals surface area (Å²) < 4.78 is 5.71. The van der Waals surface area contributed by atoms with Crippen molar-refractivity contribution in [1.29, 1.82) is 0 Å². The first-order valence-corrected chi connectivity index (χ1v) is 6.22. The highest BCUT2D eigenvalue weighted by Crippen LogP contribution is 2.24. The number of nitrogens with two attached hydrogens (primary N) is 1. The molecule has 0 saturated carbocycles. The van der Waals surface area contributed by atoms with Gasteiger partial charge in [0.15, 0.2) is 0 Å². The van der Waals surface area contributed by atoms with Gasteiger partial charge in [0.25, 0.3) is 5.91 Å². The molecule has 2 rings (SSSR count). The molecule has 0 unspecified atom stereocenters. The van der Waals surface area contributed by atoms with Crippen molar-refractivity contribution in [3.05, 3.63) is 64.2 Å². The largest absolute Gasteiger partial charge is 0.488 e. The van der Waals surface area contributed by atoms with Gasteiger partial charge in [-0.25, -0.2) is 0 Å². The molecule has 2 aromatic carbocycles. The van der Waals surface area contributed by atoms with Crippen LogP contribution in [0.15, 0.2) is 42.5 Å². The van der Waals surface area contributed by atoms with E-state index in [0.717, 1.165) is 11.1 Å². The van der Waals surface area contributed by atoms with Gasteiger partial charge in [0.2, 0.25) is 0 Å². The first kappa shape index (κ1) is 13.4. The van der Waals surface area contributed by atoms with Gasteiger partial charge in [0.1, 0.15) is 12.4 Å². The van der Waals surface area contributed by atoms with Crippen LogP contribution >= 0.6 is 11.6 Å². The van der Waals surface area contributed by atoms with Crippen molar-refractivity contribution in [3.63, 3.8) is 0 Å². The number of primary amides is 1. The molecule has 0 bridgehead atoms. The highest BCUT2D eigenvalue weighted by atomic mass is 35.5. The summed E-state index contributed by atoms with van der Waals surface area (Å²) in [6.07, 6.45) is 0. The number of aryl methyl sites for hydroxylation is 1. The second-order valence-electron chi connectivity index (χ2n) is 4.23. The predicted molar refractivity (Wildman–Crippen MR) is 75.5 cm³/mol. The number of para-hydroxylation sites is 1. The highest BCUT2D eigenvalue weighted by molar-refractivity contribution is 6.30. The predicted octanol–water partition coefficient (Wildman–Crippen LogP) is 3.33. The molecule has 0 spiro atoms. The SMILES string of the molecule is Cc1cccc(C(N)=O)c1OCc1ccc(Cl)cc1. The summed E-state index contributed by atoms with van der Waals surface area (Å²) in [5.74, 6) is 0.0414. The Morgan fingerprint density at radius 2 is 1.89 bits per heavy atom. The summed E-state index contributed by atoms with van der Waals surface area (Å²) in [7, 11) is 0. The van der Waals surface area contributed by atoms with Crippen molar-refractivity contribution in [1.82, 2.24) is 0 Å². The number of rotatable bonds is 4. The van der Waals surface area contributed by atoms with Crippen LogP contribution in [0.1, 0.15) is 21.5 Å². The molecule has 0 heterocycles. The minimum Gasteiger partial charge on any atom is -0.488 e. The minimum atomic E-state index is -0.491. The number of ether oxygens (including phenoxy) is 1. The van der Waals surface area contributed by atoms with E-state index in [4.69, 9.17) is 22.1 Å². The number of halogens is 1. The molecule has 0 saturated heterocycles. The Balaban J connectivity index is 2.19. The van der Waals surface area contributed by atoms with Crippen molar-refractivity contribution >= 4 is 17.5 Å². The Hall–Kier alpha value is -2.00. The molecule has 0 aromatic heterocycles. The molecule has 2 aromatic rings. The molecule has 2 N–H and O–H groups in total. The van der Waals surface area contributed by atoms with Gasteiger partial charge in [-0.05, 0) is 36.2 Å². The normalized spacial score (nSPS) is 10.2. The van der Waals surface area contributed by atoms with Crippen LogP contribution in [0.5, 0.6) is 5.75 Å². The second-order valence-corrected chi connectivity index (χ2v) is 4.67. The van der Waals surface area contributed by atoms with E-state index in [1.807, 2.05) is 25.1 Å². The number of hydrogen-bond acceptors (Lipinski definition) is 2. The maximum atomic E-state index is 11.4. The quantitative estimate of drug-likeness (QED) is 0.930. The molecular weight excluding hydrogens is 262 g/mol. The molecule has 19 heavy (non-hydrogen) atoms. The lowest BCUT2D eigenvalue weighted by molar-refractivity contribution is 0.0995. The van der Waals surface area contributed by atoms with Crippen LogP contribution in [0.3, 0.4) is 0 Å². The summed E-state index contributed by atoms with van der Waals surface area (Å²) >= 11 is 5.82. The first-order chi connectivity index (χ1) is 9.08. The zero-order chi connectivity index (χ0) is 13.8. The average molecular weight is 276 g/mol. The Morgan fingerprint density at radius 1 is 1.21 bits per heavy atom. The van der Waals surface area contributed by atoms with Gasteiger partial charge in [-0.1, -0.05) is 35.9 Å². The van der Waals surface area contributed by atoms with E-state index in [2.05, 4.69) is 0 Å². The third kappa shape index (κ3) is 3.26. The molecule has 0 atom stereocenters. The van der Waals surface area contributed by atoms with Crippen LogP contribution in [0, 0.1) is 6.92 Å². The van der Waals surface area contributed by atoms with Crippen LogP contribution in [-0.2, 0) is 6.61 Å². The van der Waals surface area contributed by atoms with Crippen molar-refractivity contribution in [2.45, 2.75) is 13.5 Å². The van der Waals surface area contributed by atoms with Crippen molar-refractivity contribution in [2.75, 3.05) is 0 Å². The number of hydrogen-bond donors (Lipinski definition) is 1. The van der Waals surface area contributed by atoms with Gasteiger partial charge in [-0.2, -0.15) is 0 Å². The van der Waals surface area contributed by atoms with Gasteiger partial charge in [-0.3, -0.25) is 4.79 Å². The molecule has 3 nitrogen and oxygen atoms in total. The van der Waals surface area contributed by atoms with E-state index >= 15 is 0 Å². The second kappa shape index (κ2) is 5.76. The maximum Gasteiger partial charge on any atom is 0.252 e. The molecule has 0 aliphatic heterocycles. The number of carbonyl (C=O) groups excluding carboxylic acids is 1. The monoisotopic (exact) mass is 275 g/mol. The molecular formula is C15H14ClNO2. The fourth-order valence-corrected chi connectivity index (χ4v) is 1.90. The number of carbonyl (C=O) groups is 1. The zero-order valence-electron chi connectivity index (χ0n) is 10.5. The summed E-state index contributed by atoms with van der Waals surface area (Å²) in [5, 5.41) is 0.678. The Morgan fingerprint density at radius 3 is 2.53 bits per heavy atom. The van der Waals surface area contributed by atoms with E-state index in [9.17, 15) is 4.79 Å². The summed E-state index contributed by atoms with van der Waals surface area (Å²) in [6, 6.07) is 12.7. The van der Waals surface area contributed by atoms with Crippen molar-refractivity contribution in [2.24, 2.45) is 5.73 Å². The first-order valence-electron chi connectivity index (χ1n) is 5.84. The lowest BCUT2D eigenvalue weighted by Crippen LogP contribution is -2.13. The van der Waals surface area contributed by atoms with Gasteiger partial charge >= 0.3 is 0 Å². The van der Waals surface area contributed by atoms with Gasteiger partial charge < -0.3 is 10.5 Å². The van der Waals surface area contributed by atoms with E-state index in [1.165, 1.54) is 0 Å². The Labute approximate surface area is 117 Å². The zero-order valence-corrected chi connectivity index (χ0v) is 11.3. The third-order valence-corrected chi connectivity index (χ3v) is 3.03. The Kier molecular flexibility index (Phi) is 4.07. The van der Waals surface area contributed by atoms with E-state index < -0.39 is 5.91 Å². The molecule has 98 valence electrons.